The number of hydrogen-bond donors (Lipinski definition) is 2. The Bertz CT molecular complexity index is 331. The number of hydrogen-bond acceptors (Lipinski definition) is 3. The number of benzene rings is 1. The van der Waals surface area contributed by atoms with Crippen LogP contribution in [0.1, 0.15) is 12.5 Å². The topological polar surface area (TPSA) is 41.5 Å². The van der Waals surface area contributed by atoms with Crippen LogP contribution >= 0.6 is 0 Å². The Balaban J connectivity index is 2.50. The van der Waals surface area contributed by atoms with Crippen LogP contribution in [0.4, 0.5) is 4.39 Å². The van der Waals surface area contributed by atoms with Crippen LogP contribution in [-0.2, 0) is 0 Å². The van der Waals surface area contributed by atoms with Crippen molar-refractivity contribution in [3.05, 3.63) is 29.6 Å². The molecule has 3 nitrogen and oxygen atoms in total. The van der Waals surface area contributed by atoms with E-state index in [4.69, 9.17) is 9.84 Å². The molecule has 0 fully saturated rings. The molecule has 1 unspecified atom stereocenters. The second-order valence-electron chi connectivity index (χ2n) is 3.66. The van der Waals surface area contributed by atoms with E-state index in [1.807, 2.05) is 6.92 Å². The van der Waals surface area contributed by atoms with Gasteiger partial charge in [0.25, 0.3) is 0 Å². The molecule has 2 N–H and O–H groups in total. The van der Waals surface area contributed by atoms with Crippen LogP contribution in [0.5, 0.6) is 5.75 Å². The summed E-state index contributed by atoms with van der Waals surface area (Å²) in [5.41, 5.74) is 0.595. The summed E-state index contributed by atoms with van der Waals surface area (Å²) < 4.78 is 18.6. The maximum absolute atomic E-state index is 13.2. The van der Waals surface area contributed by atoms with Gasteiger partial charge in [0.1, 0.15) is 18.2 Å². The molecule has 0 bridgehead atoms. The first-order valence-electron chi connectivity index (χ1n) is 5.40. The van der Waals surface area contributed by atoms with Gasteiger partial charge in [-0.25, -0.2) is 4.39 Å². The highest BCUT2D eigenvalue weighted by molar-refractivity contribution is 5.27. The fourth-order valence-corrected chi connectivity index (χ4v) is 1.33. The molecule has 0 saturated carbocycles. The first kappa shape index (κ1) is 12.9. The molecule has 1 rings (SSSR count). The first-order chi connectivity index (χ1) is 7.67. The monoisotopic (exact) mass is 227 g/mol. The highest BCUT2D eigenvalue weighted by atomic mass is 19.1. The zero-order chi connectivity index (χ0) is 12.0. The van der Waals surface area contributed by atoms with E-state index in [2.05, 4.69) is 5.32 Å². The van der Waals surface area contributed by atoms with Gasteiger partial charge in [0, 0.05) is 6.07 Å². The molecule has 0 radical (unpaired) electrons. The molecule has 0 aliphatic rings. The summed E-state index contributed by atoms with van der Waals surface area (Å²) in [7, 11) is 0. The third-order valence-electron chi connectivity index (χ3n) is 2.31. The van der Waals surface area contributed by atoms with Crippen molar-refractivity contribution in [3.63, 3.8) is 0 Å². The maximum Gasteiger partial charge on any atom is 0.129 e. The number of nitrogens with one attached hydrogen (secondary N) is 1. The third kappa shape index (κ3) is 3.79. The number of likely N-dealkylation sites (N-methyl/N-ethyl adjacent to an activating group) is 1. The van der Waals surface area contributed by atoms with E-state index in [-0.39, 0.29) is 18.5 Å². The average Bonchev–Trinajstić information content (AvgIpc) is 2.28. The lowest BCUT2D eigenvalue weighted by Crippen LogP contribution is -2.37. The number of ether oxygens (including phenoxy) is 1. The Hall–Kier alpha value is -1.13. The zero-order valence-corrected chi connectivity index (χ0v) is 9.66. The largest absolute Gasteiger partial charge is 0.492 e. The molecule has 4 heteroatoms. The van der Waals surface area contributed by atoms with Crippen LogP contribution in [-0.4, -0.2) is 30.9 Å². The van der Waals surface area contributed by atoms with E-state index < -0.39 is 0 Å². The fraction of sp³-hybridized carbons (Fsp3) is 0.500. The molecule has 0 aromatic heterocycles. The van der Waals surface area contributed by atoms with Crippen molar-refractivity contribution in [2.75, 3.05) is 19.8 Å². The molecule has 0 amide bonds. The maximum atomic E-state index is 13.2. The van der Waals surface area contributed by atoms with Crippen molar-refractivity contribution in [1.82, 2.24) is 5.32 Å². The first-order valence-corrected chi connectivity index (χ1v) is 5.40. The quantitative estimate of drug-likeness (QED) is 0.773. The average molecular weight is 227 g/mol. The lowest BCUT2D eigenvalue weighted by Gasteiger charge is -2.16. The Labute approximate surface area is 95.2 Å². The van der Waals surface area contributed by atoms with E-state index in [9.17, 15) is 4.39 Å². The lowest BCUT2D eigenvalue weighted by molar-refractivity contribution is 0.184. The minimum absolute atomic E-state index is 0.00217. The summed E-state index contributed by atoms with van der Waals surface area (Å²) >= 11 is 0. The van der Waals surface area contributed by atoms with Gasteiger partial charge in [-0.15, -0.1) is 0 Å². The van der Waals surface area contributed by atoms with Gasteiger partial charge in [0.05, 0.1) is 12.6 Å². The number of aryl methyl sites for hydroxylation is 1. The molecule has 16 heavy (non-hydrogen) atoms. The van der Waals surface area contributed by atoms with Crippen molar-refractivity contribution < 1.29 is 14.2 Å². The molecule has 90 valence electrons. The molecule has 0 heterocycles. The predicted octanol–water partition coefficient (Wildman–Crippen LogP) is 1.48. The minimum atomic E-state index is -0.276. The summed E-state index contributed by atoms with van der Waals surface area (Å²) in [5, 5.41) is 12.1. The number of aliphatic hydroxyl groups excluding tert-OH is 1. The molecule has 0 saturated heterocycles. The molecular formula is C12H18FNO2. The van der Waals surface area contributed by atoms with Crippen LogP contribution in [0.15, 0.2) is 18.2 Å². The number of aliphatic hydroxyl groups is 1. The van der Waals surface area contributed by atoms with Gasteiger partial charge < -0.3 is 15.2 Å². The van der Waals surface area contributed by atoms with Crippen LogP contribution in [0.25, 0.3) is 0 Å². The highest BCUT2D eigenvalue weighted by Crippen LogP contribution is 2.15. The Morgan fingerprint density at radius 3 is 2.81 bits per heavy atom. The van der Waals surface area contributed by atoms with Gasteiger partial charge in [0.2, 0.25) is 0 Å². The minimum Gasteiger partial charge on any atom is -0.492 e. The predicted molar refractivity (Wildman–Crippen MR) is 61.2 cm³/mol. The molecule has 1 aromatic rings. The van der Waals surface area contributed by atoms with Gasteiger partial charge in [-0.3, -0.25) is 0 Å². The van der Waals surface area contributed by atoms with Crippen LogP contribution in [0, 0.1) is 12.7 Å². The Morgan fingerprint density at radius 1 is 1.50 bits per heavy atom. The van der Waals surface area contributed by atoms with E-state index >= 15 is 0 Å². The second-order valence-corrected chi connectivity index (χ2v) is 3.66. The Morgan fingerprint density at radius 2 is 2.25 bits per heavy atom. The third-order valence-corrected chi connectivity index (χ3v) is 2.31. The molecular weight excluding hydrogens is 209 g/mol. The van der Waals surface area contributed by atoms with Crippen molar-refractivity contribution in [2.24, 2.45) is 0 Å². The molecule has 1 aromatic carbocycles. The van der Waals surface area contributed by atoms with E-state index in [1.165, 1.54) is 6.07 Å². The molecule has 0 spiro atoms. The summed E-state index contributed by atoms with van der Waals surface area (Å²) in [6, 6.07) is 4.63. The van der Waals surface area contributed by atoms with Gasteiger partial charge in [0.15, 0.2) is 0 Å². The number of rotatable bonds is 6. The van der Waals surface area contributed by atoms with Gasteiger partial charge in [-0.2, -0.15) is 0 Å². The Kier molecular flexibility index (Phi) is 5.22. The van der Waals surface area contributed by atoms with Crippen molar-refractivity contribution in [3.8, 4) is 5.75 Å². The van der Waals surface area contributed by atoms with E-state index in [0.717, 1.165) is 6.54 Å². The standard InChI is InChI=1S/C12H18FNO2/c1-3-14-10(7-15)8-16-11-5-4-9(2)12(13)6-11/h4-6,10,14-15H,3,7-8H2,1-2H3. The normalized spacial score (nSPS) is 12.5. The fourth-order valence-electron chi connectivity index (χ4n) is 1.33. The second kappa shape index (κ2) is 6.45. The SMILES string of the molecule is CCNC(CO)COc1ccc(C)c(F)c1. The van der Waals surface area contributed by atoms with Crippen LogP contribution in [0.3, 0.4) is 0 Å². The lowest BCUT2D eigenvalue weighted by atomic mass is 10.2. The molecule has 1 atom stereocenters. The summed E-state index contributed by atoms with van der Waals surface area (Å²) in [4.78, 5) is 0. The molecule has 0 aliphatic heterocycles. The van der Waals surface area contributed by atoms with Crippen molar-refractivity contribution >= 4 is 0 Å². The smallest absolute Gasteiger partial charge is 0.129 e. The number of halogens is 1. The van der Waals surface area contributed by atoms with E-state index in [0.29, 0.717) is 17.9 Å². The summed E-state index contributed by atoms with van der Waals surface area (Å²) in [6.07, 6.45) is 0. The summed E-state index contributed by atoms with van der Waals surface area (Å²) in [5.74, 6) is 0.209. The van der Waals surface area contributed by atoms with Gasteiger partial charge in [-0.1, -0.05) is 13.0 Å². The van der Waals surface area contributed by atoms with Crippen molar-refractivity contribution in [2.45, 2.75) is 19.9 Å². The van der Waals surface area contributed by atoms with Gasteiger partial charge in [-0.05, 0) is 25.1 Å². The van der Waals surface area contributed by atoms with E-state index in [1.54, 1.807) is 19.1 Å². The van der Waals surface area contributed by atoms with Crippen molar-refractivity contribution in [1.29, 1.82) is 0 Å². The highest BCUT2D eigenvalue weighted by Gasteiger charge is 2.07. The molecule has 0 aliphatic carbocycles. The van der Waals surface area contributed by atoms with Crippen LogP contribution in [0.2, 0.25) is 0 Å². The van der Waals surface area contributed by atoms with Gasteiger partial charge >= 0.3 is 0 Å². The summed E-state index contributed by atoms with van der Waals surface area (Å²) in [6.45, 7) is 4.74. The van der Waals surface area contributed by atoms with Crippen LogP contribution < -0.4 is 10.1 Å². The zero-order valence-electron chi connectivity index (χ0n) is 9.66.